The number of thioether (sulfide) groups is 1. The minimum absolute atomic E-state index is 0.144. The first-order valence-corrected chi connectivity index (χ1v) is 12.7. The second-order valence-electron chi connectivity index (χ2n) is 8.23. The number of nitrogens with zero attached hydrogens (tertiary/aromatic N) is 1. The first-order valence-electron chi connectivity index (χ1n) is 11.5. The molecule has 0 bridgehead atoms. The number of aryl methyl sites for hydroxylation is 1. The molecule has 0 unspecified atom stereocenters. The highest BCUT2D eigenvalue weighted by atomic mass is 35.5. The van der Waals surface area contributed by atoms with Gasteiger partial charge in [-0.1, -0.05) is 54.6 Å². The van der Waals surface area contributed by atoms with E-state index >= 15 is 0 Å². The van der Waals surface area contributed by atoms with Crippen LogP contribution in [-0.4, -0.2) is 24.4 Å². The Balaban J connectivity index is 1.78. The molecule has 4 rings (SSSR count). The van der Waals surface area contributed by atoms with Gasteiger partial charge in [0.05, 0.1) is 17.9 Å². The molecular weight excluding hydrogens is 496 g/mol. The van der Waals surface area contributed by atoms with Gasteiger partial charge in [0.25, 0.3) is 11.8 Å². The lowest BCUT2D eigenvalue weighted by Crippen LogP contribution is -2.33. The van der Waals surface area contributed by atoms with Crippen LogP contribution in [0.15, 0.2) is 82.2 Å². The number of carbonyl (C=O) groups is 3. The van der Waals surface area contributed by atoms with Crippen LogP contribution < -0.4 is 10.2 Å². The molecule has 0 saturated heterocycles. The molecule has 2 amide bonds. The summed E-state index contributed by atoms with van der Waals surface area (Å²) in [6.45, 7) is 6.05. The summed E-state index contributed by atoms with van der Waals surface area (Å²) in [5, 5.41) is 3.77. The molecule has 36 heavy (non-hydrogen) atoms. The Morgan fingerprint density at radius 2 is 1.69 bits per heavy atom. The third kappa shape index (κ3) is 5.17. The summed E-state index contributed by atoms with van der Waals surface area (Å²) in [4.78, 5) is 42.2. The summed E-state index contributed by atoms with van der Waals surface area (Å²) in [5.74, 6) is -1.66. The molecule has 0 aliphatic carbocycles. The van der Waals surface area contributed by atoms with Crippen molar-refractivity contribution in [3.8, 4) is 0 Å². The molecule has 184 valence electrons. The van der Waals surface area contributed by atoms with E-state index in [1.807, 2.05) is 39.0 Å². The zero-order chi connectivity index (χ0) is 25.8. The maximum atomic E-state index is 13.8. The van der Waals surface area contributed by atoms with Gasteiger partial charge in [-0.05, 0) is 73.9 Å². The van der Waals surface area contributed by atoms with E-state index in [1.54, 1.807) is 48.5 Å². The van der Waals surface area contributed by atoms with Crippen molar-refractivity contribution in [2.24, 2.45) is 0 Å². The second kappa shape index (κ2) is 11.0. The normalized spacial score (nSPS) is 13.4. The zero-order valence-corrected chi connectivity index (χ0v) is 21.7. The highest BCUT2D eigenvalue weighted by Gasteiger charge is 2.42. The maximum Gasteiger partial charge on any atom is 0.340 e. The van der Waals surface area contributed by atoms with Gasteiger partial charge in [0.2, 0.25) is 0 Å². The number of hydrogen-bond acceptors (Lipinski definition) is 6. The lowest BCUT2D eigenvalue weighted by molar-refractivity contribution is -0.120. The molecule has 1 heterocycles. The monoisotopic (exact) mass is 520 g/mol. The first kappa shape index (κ1) is 25.5. The van der Waals surface area contributed by atoms with Gasteiger partial charge < -0.3 is 10.1 Å². The van der Waals surface area contributed by atoms with E-state index in [-0.39, 0.29) is 28.5 Å². The summed E-state index contributed by atoms with van der Waals surface area (Å²) in [6, 6.07) is 19.2. The molecule has 0 spiro atoms. The van der Waals surface area contributed by atoms with Crippen molar-refractivity contribution in [1.82, 2.24) is 0 Å². The number of halogens is 1. The minimum Gasteiger partial charge on any atom is -0.462 e. The van der Waals surface area contributed by atoms with Crippen molar-refractivity contribution in [2.75, 3.05) is 16.8 Å². The Labute approximate surface area is 219 Å². The molecular formula is C28H25ClN2O4S. The molecule has 0 atom stereocenters. The van der Waals surface area contributed by atoms with Crippen molar-refractivity contribution < 1.29 is 19.1 Å². The number of benzene rings is 3. The van der Waals surface area contributed by atoms with Crippen LogP contribution in [0.1, 0.15) is 34.8 Å². The summed E-state index contributed by atoms with van der Waals surface area (Å²) in [5.41, 5.74) is 3.20. The van der Waals surface area contributed by atoms with Crippen molar-refractivity contribution in [1.29, 1.82) is 0 Å². The minimum atomic E-state index is -0.587. The number of nitrogens with one attached hydrogen (secondary N) is 1. The fourth-order valence-corrected chi connectivity index (χ4v) is 4.74. The van der Waals surface area contributed by atoms with E-state index in [1.165, 1.54) is 11.8 Å². The van der Waals surface area contributed by atoms with E-state index in [4.69, 9.17) is 16.3 Å². The summed E-state index contributed by atoms with van der Waals surface area (Å²) >= 11 is 7.19. The van der Waals surface area contributed by atoms with Crippen molar-refractivity contribution >= 4 is 52.5 Å². The number of anilines is 2. The largest absolute Gasteiger partial charge is 0.462 e. The number of carbonyl (C=O) groups excluding carboxylic acids is 3. The third-order valence-electron chi connectivity index (χ3n) is 5.74. The van der Waals surface area contributed by atoms with E-state index in [0.29, 0.717) is 11.4 Å². The molecule has 1 aliphatic heterocycles. The highest BCUT2D eigenvalue weighted by Crippen LogP contribution is 2.39. The predicted molar refractivity (Wildman–Crippen MR) is 143 cm³/mol. The summed E-state index contributed by atoms with van der Waals surface area (Å²) in [6.07, 6.45) is 0.656. The quantitative estimate of drug-likeness (QED) is 0.269. The zero-order valence-electron chi connectivity index (χ0n) is 20.1. The van der Waals surface area contributed by atoms with Crippen LogP contribution in [0.25, 0.3) is 0 Å². The van der Waals surface area contributed by atoms with E-state index < -0.39 is 17.8 Å². The lowest BCUT2D eigenvalue weighted by atomic mass is 10.1. The second-order valence-corrected chi connectivity index (χ2v) is 9.75. The Bertz CT molecular complexity index is 1370. The van der Waals surface area contributed by atoms with Gasteiger partial charge in [-0.25, -0.2) is 9.69 Å². The summed E-state index contributed by atoms with van der Waals surface area (Å²) in [7, 11) is 0. The molecule has 0 saturated carbocycles. The smallest absolute Gasteiger partial charge is 0.340 e. The topological polar surface area (TPSA) is 75.7 Å². The van der Waals surface area contributed by atoms with E-state index in [0.717, 1.165) is 26.6 Å². The fourth-order valence-electron chi connectivity index (χ4n) is 3.69. The maximum absolute atomic E-state index is 13.8. The number of para-hydroxylation sites is 1. The fraction of sp³-hybridized carbons (Fsp3) is 0.179. The van der Waals surface area contributed by atoms with Gasteiger partial charge in [-0.3, -0.25) is 9.59 Å². The Kier molecular flexibility index (Phi) is 7.82. The molecule has 1 N–H and O–H groups in total. The van der Waals surface area contributed by atoms with Crippen LogP contribution in [0, 0.1) is 13.8 Å². The molecule has 8 heteroatoms. The molecule has 3 aromatic rings. The van der Waals surface area contributed by atoms with Gasteiger partial charge in [-0.15, -0.1) is 0 Å². The van der Waals surface area contributed by atoms with Gasteiger partial charge in [-0.2, -0.15) is 0 Å². The van der Waals surface area contributed by atoms with Gasteiger partial charge in [0.1, 0.15) is 10.6 Å². The molecule has 3 aromatic carbocycles. The highest BCUT2D eigenvalue weighted by molar-refractivity contribution is 8.04. The van der Waals surface area contributed by atoms with Crippen LogP contribution in [0.5, 0.6) is 0 Å². The van der Waals surface area contributed by atoms with Crippen LogP contribution >= 0.6 is 23.4 Å². The standard InChI is InChI=1S/C28H25ClN2O4S/c1-4-16-35-28(34)21-9-5-6-11-23(21)31-26(32)24(30-22-10-7-8-17(2)18(22)3)25(27(31)33)36-20-14-12-19(29)13-15-20/h5-15,30H,4,16H2,1-3H3. The lowest BCUT2D eigenvalue weighted by Gasteiger charge is -2.18. The Hall–Kier alpha value is -3.55. The number of amides is 2. The van der Waals surface area contributed by atoms with Crippen LogP contribution in [0.4, 0.5) is 11.4 Å². The summed E-state index contributed by atoms with van der Waals surface area (Å²) < 4.78 is 5.30. The van der Waals surface area contributed by atoms with Crippen LogP contribution in [0.3, 0.4) is 0 Å². The third-order valence-corrected chi connectivity index (χ3v) is 7.08. The molecule has 0 fully saturated rings. The number of hydrogen-bond donors (Lipinski definition) is 1. The number of imide groups is 1. The van der Waals surface area contributed by atoms with Crippen LogP contribution in [-0.2, 0) is 14.3 Å². The van der Waals surface area contributed by atoms with Crippen LogP contribution in [0.2, 0.25) is 5.02 Å². The first-order chi connectivity index (χ1) is 17.3. The van der Waals surface area contributed by atoms with Gasteiger partial charge in [0, 0.05) is 15.6 Å². The average molecular weight is 521 g/mol. The number of esters is 1. The Morgan fingerprint density at radius 3 is 2.42 bits per heavy atom. The van der Waals surface area contributed by atoms with Gasteiger partial charge in [0.15, 0.2) is 0 Å². The predicted octanol–water partition coefficient (Wildman–Crippen LogP) is 6.51. The Morgan fingerprint density at radius 1 is 0.972 bits per heavy atom. The molecule has 6 nitrogen and oxygen atoms in total. The van der Waals surface area contributed by atoms with Crippen molar-refractivity contribution in [3.05, 3.63) is 99.0 Å². The molecule has 1 aliphatic rings. The SMILES string of the molecule is CCCOC(=O)c1ccccc1N1C(=O)C(Nc2cccc(C)c2C)=C(Sc2ccc(Cl)cc2)C1=O. The number of ether oxygens (including phenoxy) is 1. The average Bonchev–Trinajstić information content (AvgIpc) is 3.10. The van der Waals surface area contributed by atoms with E-state index in [2.05, 4.69) is 5.32 Å². The van der Waals surface area contributed by atoms with Crippen molar-refractivity contribution in [2.45, 2.75) is 32.1 Å². The molecule has 0 aromatic heterocycles. The molecule has 0 radical (unpaired) electrons. The van der Waals surface area contributed by atoms with Gasteiger partial charge >= 0.3 is 5.97 Å². The number of rotatable bonds is 8. The van der Waals surface area contributed by atoms with E-state index in [9.17, 15) is 14.4 Å². The van der Waals surface area contributed by atoms with Crippen molar-refractivity contribution in [3.63, 3.8) is 0 Å².